The van der Waals surface area contributed by atoms with Gasteiger partial charge in [-0.25, -0.2) is 8.42 Å². The summed E-state index contributed by atoms with van der Waals surface area (Å²) in [6.07, 6.45) is 0. The van der Waals surface area contributed by atoms with Crippen molar-refractivity contribution in [2.75, 3.05) is 5.75 Å². The second-order valence-electron chi connectivity index (χ2n) is 2.79. The minimum absolute atomic E-state index is 0.0718. The predicted molar refractivity (Wildman–Crippen MR) is 57.4 cm³/mol. The molecule has 0 spiro atoms. The van der Waals surface area contributed by atoms with Crippen molar-refractivity contribution in [2.45, 2.75) is 6.92 Å². The Bertz CT molecular complexity index is 440. The second kappa shape index (κ2) is 4.90. The molecule has 0 fully saturated rings. The van der Waals surface area contributed by atoms with Crippen molar-refractivity contribution >= 4 is 15.9 Å². The van der Waals surface area contributed by atoms with Gasteiger partial charge in [-0.3, -0.25) is 10.7 Å². The van der Waals surface area contributed by atoms with E-state index in [2.05, 4.69) is 4.40 Å². The van der Waals surface area contributed by atoms with Gasteiger partial charge in [0.1, 0.15) is 0 Å². The minimum Gasteiger partial charge on any atom is -0.290 e. The Kier molecular flexibility index (Phi) is 3.81. The predicted octanol–water partition coefficient (Wildman–Crippen LogP) is 0.762. The van der Waals surface area contributed by atoms with Gasteiger partial charge in [-0.15, -0.1) is 4.40 Å². The quantitative estimate of drug-likeness (QED) is 0.455. The van der Waals surface area contributed by atoms with E-state index in [-0.39, 0.29) is 11.6 Å². The Hall–Kier alpha value is -1.40. The first kappa shape index (κ1) is 11.7. The number of nitrogens with zero attached hydrogens (tertiary/aromatic N) is 1. The zero-order valence-electron chi connectivity index (χ0n) is 8.21. The molecule has 0 aliphatic rings. The molecule has 0 saturated heterocycles. The molecule has 0 radical (unpaired) electrons. The smallest absolute Gasteiger partial charge is 0.254 e. The molecule has 82 valence electrons. The highest BCUT2D eigenvalue weighted by atomic mass is 32.2. The maximum Gasteiger partial charge on any atom is 0.254 e. The highest BCUT2D eigenvalue weighted by Crippen LogP contribution is 2.02. The van der Waals surface area contributed by atoms with Crippen molar-refractivity contribution < 1.29 is 13.6 Å². The van der Waals surface area contributed by atoms with Gasteiger partial charge in [0.05, 0.1) is 5.75 Å². The van der Waals surface area contributed by atoms with E-state index >= 15 is 0 Å². The molecule has 1 aromatic carbocycles. The second-order valence-corrected chi connectivity index (χ2v) is 4.71. The first-order valence-corrected chi connectivity index (χ1v) is 5.98. The SMILES string of the molecule is CCS(=O)(=O)N=C(NO)c1ccccc1. The van der Waals surface area contributed by atoms with E-state index in [9.17, 15) is 8.42 Å². The van der Waals surface area contributed by atoms with E-state index in [0.717, 1.165) is 0 Å². The maximum absolute atomic E-state index is 11.2. The number of rotatable bonds is 3. The molecule has 0 amide bonds. The van der Waals surface area contributed by atoms with E-state index in [0.29, 0.717) is 5.56 Å². The molecule has 1 aromatic rings. The topological polar surface area (TPSA) is 78.8 Å². The summed E-state index contributed by atoms with van der Waals surface area (Å²) in [5.41, 5.74) is 2.29. The summed E-state index contributed by atoms with van der Waals surface area (Å²) in [4.78, 5) is 0. The van der Waals surface area contributed by atoms with Gasteiger partial charge in [-0.2, -0.15) is 0 Å². The largest absolute Gasteiger partial charge is 0.290 e. The van der Waals surface area contributed by atoms with Gasteiger partial charge in [-0.05, 0) is 6.92 Å². The Balaban J connectivity index is 3.11. The summed E-state index contributed by atoms with van der Waals surface area (Å²) in [5.74, 6) is -0.178. The van der Waals surface area contributed by atoms with Gasteiger partial charge in [0.15, 0.2) is 5.84 Å². The molecular weight excluding hydrogens is 216 g/mol. The molecule has 0 aliphatic heterocycles. The Morgan fingerprint density at radius 1 is 1.40 bits per heavy atom. The van der Waals surface area contributed by atoms with Crippen LogP contribution in [0.4, 0.5) is 0 Å². The standard InChI is InChI=1S/C9H12N2O3S/c1-2-15(13,14)11-9(10-12)8-6-4-3-5-7-8/h3-7,12H,2H2,1H3,(H,10,11). The molecule has 0 atom stereocenters. The highest BCUT2D eigenvalue weighted by Gasteiger charge is 2.08. The van der Waals surface area contributed by atoms with Crippen LogP contribution in [-0.4, -0.2) is 25.2 Å². The van der Waals surface area contributed by atoms with Crippen molar-refractivity contribution in [3.05, 3.63) is 35.9 Å². The minimum atomic E-state index is -3.51. The molecule has 5 nitrogen and oxygen atoms in total. The van der Waals surface area contributed by atoms with Crippen LogP contribution in [0, 0.1) is 0 Å². The number of sulfonamides is 1. The van der Waals surface area contributed by atoms with Crippen molar-refractivity contribution in [3.8, 4) is 0 Å². The average molecular weight is 228 g/mol. The van der Waals surface area contributed by atoms with Crippen LogP contribution < -0.4 is 5.48 Å². The lowest BCUT2D eigenvalue weighted by Gasteiger charge is -2.03. The molecule has 0 aromatic heterocycles. The summed E-state index contributed by atoms with van der Waals surface area (Å²) in [6, 6.07) is 8.52. The van der Waals surface area contributed by atoms with Crippen molar-refractivity contribution in [3.63, 3.8) is 0 Å². The van der Waals surface area contributed by atoms with Crippen LogP contribution in [0.25, 0.3) is 0 Å². The van der Waals surface area contributed by atoms with E-state index in [1.807, 2.05) is 0 Å². The van der Waals surface area contributed by atoms with Crippen LogP contribution in [0.3, 0.4) is 0 Å². The van der Waals surface area contributed by atoms with Gasteiger partial charge in [0.2, 0.25) is 0 Å². The van der Waals surface area contributed by atoms with E-state index < -0.39 is 10.0 Å². The van der Waals surface area contributed by atoms with Crippen molar-refractivity contribution in [1.29, 1.82) is 0 Å². The molecule has 6 heteroatoms. The third kappa shape index (κ3) is 3.34. The van der Waals surface area contributed by atoms with Gasteiger partial charge >= 0.3 is 0 Å². The summed E-state index contributed by atoms with van der Waals surface area (Å²) < 4.78 is 25.9. The Labute approximate surface area is 88.5 Å². The summed E-state index contributed by atoms with van der Waals surface area (Å²) in [7, 11) is -3.51. The summed E-state index contributed by atoms with van der Waals surface area (Å²) >= 11 is 0. The monoisotopic (exact) mass is 228 g/mol. The average Bonchev–Trinajstić information content (AvgIpc) is 2.27. The third-order valence-corrected chi connectivity index (χ3v) is 2.94. The van der Waals surface area contributed by atoms with Crippen molar-refractivity contribution in [2.24, 2.45) is 4.40 Å². The number of nitrogens with one attached hydrogen (secondary N) is 1. The highest BCUT2D eigenvalue weighted by molar-refractivity contribution is 7.90. The number of benzene rings is 1. The molecule has 1 rings (SSSR count). The molecule has 0 heterocycles. The Morgan fingerprint density at radius 2 is 2.00 bits per heavy atom. The van der Waals surface area contributed by atoms with Crippen molar-refractivity contribution in [1.82, 2.24) is 5.48 Å². The van der Waals surface area contributed by atoms with Crippen LogP contribution >= 0.6 is 0 Å². The first-order chi connectivity index (χ1) is 7.09. The van der Waals surface area contributed by atoms with Gasteiger partial charge in [0.25, 0.3) is 10.0 Å². The van der Waals surface area contributed by atoms with E-state index in [1.54, 1.807) is 35.8 Å². The molecule has 2 N–H and O–H groups in total. The van der Waals surface area contributed by atoms with Crippen LogP contribution in [0.15, 0.2) is 34.7 Å². The Morgan fingerprint density at radius 3 is 2.47 bits per heavy atom. The lowest BCUT2D eigenvalue weighted by molar-refractivity contribution is 0.235. The summed E-state index contributed by atoms with van der Waals surface area (Å²) in [6.45, 7) is 1.48. The molecule has 0 unspecified atom stereocenters. The fraction of sp³-hybridized carbons (Fsp3) is 0.222. The zero-order valence-corrected chi connectivity index (χ0v) is 9.03. The zero-order chi connectivity index (χ0) is 11.3. The van der Waals surface area contributed by atoms with Crippen LogP contribution in [0.1, 0.15) is 12.5 Å². The maximum atomic E-state index is 11.2. The lowest BCUT2D eigenvalue weighted by Crippen LogP contribution is -2.22. The van der Waals surface area contributed by atoms with Gasteiger partial charge in [0, 0.05) is 5.56 Å². The molecule has 15 heavy (non-hydrogen) atoms. The molecular formula is C9H12N2O3S. The van der Waals surface area contributed by atoms with Crippen LogP contribution in [0.5, 0.6) is 0 Å². The lowest BCUT2D eigenvalue weighted by atomic mass is 10.2. The number of hydrogen-bond acceptors (Lipinski definition) is 3. The molecule has 0 bridgehead atoms. The number of hydroxylamine groups is 1. The van der Waals surface area contributed by atoms with Crippen LogP contribution in [-0.2, 0) is 10.0 Å². The molecule has 0 saturated carbocycles. The number of hydrogen-bond donors (Lipinski definition) is 2. The van der Waals surface area contributed by atoms with E-state index in [4.69, 9.17) is 5.21 Å². The molecule has 0 aliphatic carbocycles. The third-order valence-electron chi connectivity index (χ3n) is 1.75. The first-order valence-electron chi connectivity index (χ1n) is 4.37. The van der Waals surface area contributed by atoms with Gasteiger partial charge in [-0.1, -0.05) is 30.3 Å². The fourth-order valence-electron chi connectivity index (χ4n) is 0.937. The summed E-state index contributed by atoms with van der Waals surface area (Å²) in [5, 5.41) is 8.79. The fourth-order valence-corrected chi connectivity index (χ4v) is 1.49. The normalized spacial score (nSPS) is 12.5. The van der Waals surface area contributed by atoms with E-state index in [1.165, 1.54) is 6.92 Å². The number of amidine groups is 1. The van der Waals surface area contributed by atoms with Crippen LogP contribution in [0.2, 0.25) is 0 Å². The van der Waals surface area contributed by atoms with Gasteiger partial charge < -0.3 is 0 Å².